The first kappa shape index (κ1) is 15.6. The molecular formula is C13H22N2O3S. The molecule has 19 heavy (non-hydrogen) atoms. The summed E-state index contributed by atoms with van der Waals surface area (Å²) >= 11 is 0. The Morgan fingerprint density at radius 2 is 2.05 bits per heavy atom. The van der Waals surface area contributed by atoms with Gasteiger partial charge in [-0.2, -0.15) is 0 Å². The molecule has 0 unspecified atom stereocenters. The average Bonchev–Trinajstić information content (AvgIpc) is 2.32. The smallest absolute Gasteiger partial charge is 0.151 e. The number of nitrogens with one attached hydrogen (secondary N) is 1. The van der Waals surface area contributed by atoms with Crippen LogP contribution < -0.4 is 15.8 Å². The van der Waals surface area contributed by atoms with Crippen molar-refractivity contribution in [1.82, 2.24) is 0 Å². The number of hydrogen-bond acceptors (Lipinski definition) is 5. The van der Waals surface area contributed by atoms with Crippen molar-refractivity contribution in [3.8, 4) is 5.75 Å². The van der Waals surface area contributed by atoms with Crippen molar-refractivity contribution in [2.24, 2.45) is 0 Å². The number of anilines is 2. The molecule has 0 spiro atoms. The van der Waals surface area contributed by atoms with E-state index in [2.05, 4.69) is 5.32 Å². The van der Waals surface area contributed by atoms with Crippen molar-refractivity contribution < 1.29 is 13.2 Å². The zero-order valence-corrected chi connectivity index (χ0v) is 12.5. The van der Waals surface area contributed by atoms with E-state index in [1.807, 2.05) is 13.8 Å². The minimum absolute atomic E-state index is 0.0398. The second-order valence-corrected chi connectivity index (χ2v) is 7.06. The van der Waals surface area contributed by atoms with Crippen LogP contribution in [-0.2, 0) is 9.84 Å². The van der Waals surface area contributed by atoms with Gasteiger partial charge in [0.25, 0.3) is 0 Å². The fourth-order valence-corrected chi connectivity index (χ4v) is 2.20. The Bertz CT molecular complexity index is 513. The lowest BCUT2D eigenvalue weighted by atomic mass is 10.2. The highest BCUT2D eigenvalue weighted by atomic mass is 32.2. The minimum atomic E-state index is -2.95. The summed E-state index contributed by atoms with van der Waals surface area (Å²) in [5.41, 5.74) is 7.18. The highest BCUT2D eigenvalue weighted by Crippen LogP contribution is 2.26. The maximum atomic E-state index is 11.4. The molecule has 6 heteroatoms. The Labute approximate surface area is 115 Å². The Hall–Kier alpha value is -1.43. The zero-order valence-electron chi connectivity index (χ0n) is 11.6. The van der Waals surface area contributed by atoms with E-state index < -0.39 is 9.84 Å². The molecule has 0 atom stereocenters. The van der Waals surface area contributed by atoms with E-state index in [4.69, 9.17) is 10.5 Å². The molecule has 3 N–H and O–H groups in total. The average molecular weight is 286 g/mol. The van der Waals surface area contributed by atoms with Crippen molar-refractivity contribution >= 4 is 21.2 Å². The second-order valence-electron chi connectivity index (χ2n) is 4.58. The predicted octanol–water partition coefficient (Wildman–Crippen LogP) is 1.90. The minimum Gasteiger partial charge on any atom is -0.489 e. The molecule has 0 bridgehead atoms. The molecular weight excluding hydrogens is 264 g/mol. The molecule has 0 aliphatic carbocycles. The van der Waals surface area contributed by atoms with Gasteiger partial charge in [-0.1, -0.05) is 6.92 Å². The van der Waals surface area contributed by atoms with Gasteiger partial charge in [0.2, 0.25) is 0 Å². The van der Waals surface area contributed by atoms with Crippen LogP contribution in [0.2, 0.25) is 0 Å². The lowest BCUT2D eigenvalue weighted by Gasteiger charge is -2.14. The maximum absolute atomic E-state index is 11.4. The molecule has 0 aliphatic heterocycles. The number of sulfone groups is 1. The van der Waals surface area contributed by atoms with Crippen molar-refractivity contribution in [3.05, 3.63) is 18.2 Å². The highest BCUT2D eigenvalue weighted by Gasteiger charge is 2.08. The quantitative estimate of drug-likeness (QED) is 0.748. The van der Waals surface area contributed by atoms with E-state index in [0.717, 1.165) is 5.69 Å². The standard InChI is InChI=1S/C13H22N2O3S/c1-4-19(16,17)8-7-15-11-5-6-12(14)13(9-11)18-10(2)3/h5-6,9-10,15H,4,7-8,14H2,1-3H3. The van der Waals surface area contributed by atoms with Gasteiger partial charge in [0.1, 0.15) is 5.75 Å². The summed E-state index contributed by atoms with van der Waals surface area (Å²) in [7, 11) is -2.95. The summed E-state index contributed by atoms with van der Waals surface area (Å²) in [4.78, 5) is 0. The summed E-state index contributed by atoms with van der Waals surface area (Å²) in [6.45, 7) is 5.87. The zero-order chi connectivity index (χ0) is 14.5. The first-order valence-electron chi connectivity index (χ1n) is 6.34. The first-order valence-corrected chi connectivity index (χ1v) is 8.16. The molecule has 0 saturated carbocycles. The van der Waals surface area contributed by atoms with Crippen molar-refractivity contribution in [2.75, 3.05) is 29.1 Å². The Morgan fingerprint density at radius 3 is 2.63 bits per heavy atom. The van der Waals surface area contributed by atoms with Gasteiger partial charge >= 0.3 is 0 Å². The molecule has 0 radical (unpaired) electrons. The van der Waals surface area contributed by atoms with Gasteiger partial charge in [0.05, 0.1) is 17.5 Å². The van der Waals surface area contributed by atoms with Crippen LogP contribution in [-0.4, -0.2) is 32.6 Å². The van der Waals surface area contributed by atoms with Crippen LogP contribution in [0.4, 0.5) is 11.4 Å². The molecule has 1 rings (SSSR count). The Balaban J connectivity index is 2.64. The van der Waals surface area contributed by atoms with Crippen LogP contribution in [0.1, 0.15) is 20.8 Å². The second kappa shape index (κ2) is 6.65. The van der Waals surface area contributed by atoms with Gasteiger partial charge < -0.3 is 15.8 Å². The largest absolute Gasteiger partial charge is 0.489 e. The lowest BCUT2D eigenvalue weighted by Crippen LogP contribution is -2.17. The van der Waals surface area contributed by atoms with Gasteiger partial charge in [-0.3, -0.25) is 0 Å². The van der Waals surface area contributed by atoms with Crippen LogP contribution >= 0.6 is 0 Å². The fourth-order valence-electron chi connectivity index (χ4n) is 1.50. The molecule has 0 aromatic heterocycles. The summed E-state index contributed by atoms with van der Waals surface area (Å²) in [6.07, 6.45) is 0.0398. The molecule has 0 heterocycles. The predicted molar refractivity (Wildman–Crippen MR) is 79.4 cm³/mol. The van der Waals surface area contributed by atoms with Crippen LogP contribution in [0.5, 0.6) is 5.75 Å². The third-order valence-electron chi connectivity index (χ3n) is 2.56. The first-order chi connectivity index (χ1) is 8.84. The van der Waals surface area contributed by atoms with Gasteiger partial charge in [-0.25, -0.2) is 8.42 Å². The number of ether oxygens (including phenoxy) is 1. The number of nitrogens with two attached hydrogens (primary N) is 1. The monoisotopic (exact) mass is 286 g/mol. The molecule has 1 aromatic rings. The molecule has 0 amide bonds. The van der Waals surface area contributed by atoms with Crippen LogP contribution in [0.3, 0.4) is 0 Å². The van der Waals surface area contributed by atoms with Crippen LogP contribution in [0.15, 0.2) is 18.2 Å². The van der Waals surface area contributed by atoms with Gasteiger partial charge in [0, 0.05) is 24.1 Å². The van der Waals surface area contributed by atoms with Gasteiger partial charge in [0.15, 0.2) is 9.84 Å². The third-order valence-corrected chi connectivity index (χ3v) is 4.26. The Morgan fingerprint density at radius 1 is 1.37 bits per heavy atom. The number of nitrogen functional groups attached to an aromatic ring is 1. The third kappa shape index (κ3) is 5.38. The van der Waals surface area contributed by atoms with Crippen LogP contribution in [0.25, 0.3) is 0 Å². The number of benzene rings is 1. The lowest BCUT2D eigenvalue weighted by molar-refractivity contribution is 0.244. The number of hydrogen-bond donors (Lipinski definition) is 2. The summed E-state index contributed by atoms with van der Waals surface area (Å²) < 4.78 is 28.3. The summed E-state index contributed by atoms with van der Waals surface area (Å²) in [5.74, 6) is 0.894. The van der Waals surface area contributed by atoms with E-state index in [9.17, 15) is 8.42 Å². The maximum Gasteiger partial charge on any atom is 0.151 e. The molecule has 1 aromatic carbocycles. The number of rotatable bonds is 7. The molecule has 108 valence electrons. The van der Waals surface area contributed by atoms with E-state index in [-0.39, 0.29) is 17.6 Å². The topological polar surface area (TPSA) is 81.4 Å². The van der Waals surface area contributed by atoms with Crippen molar-refractivity contribution in [2.45, 2.75) is 26.9 Å². The van der Waals surface area contributed by atoms with Crippen LogP contribution in [0, 0.1) is 0 Å². The fraction of sp³-hybridized carbons (Fsp3) is 0.538. The SMILES string of the molecule is CCS(=O)(=O)CCNc1ccc(N)c(OC(C)C)c1. The van der Waals surface area contributed by atoms with E-state index >= 15 is 0 Å². The summed E-state index contributed by atoms with van der Waals surface area (Å²) in [5, 5.41) is 3.06. The highest BCUT2D eigenvalue weighted by molar-refractivity contribution is 7.91. The molecule has 0 saturated heterocycles. The van der Waals surface area contributed by atoms with Crippen molar-refractivity contribution in [3.63, 3.8) is 0 Å². The van der Waals surface area contributed by atoms with E-state index in [0.29, 0.717) is 18.0 Å². The molecule has 0 aliphatic rings. The van der Waals surface area contributed by atoms with E-state index in [1.54, 1.807) is 25.1 Å². The molecule has 0 fully saturated rings. The van der Waals surface area contributed by atoms with E-state index in [1.165, 1.54) is 0 Å². The molecule has 5 nitrogen and oxygen atoms in total. The van der Waals surface area contributed by atoms with Crippen molar-refractivity contribution in [1.29, 1.82) is 0 Å². The normalized spacial score (nSPS) is 11.6. The Kier molecular flexibility index (Phi) is 5.47. The van der Waals surface area contributed by atoms with Gasteiger partial charge in [-0.15, -0.1) is 0 Å². The summed E-state index contributed by atoms with van der Waals surface area (Å²) in [6, 6.07) is 5.34. The van der Waals surface area contributed by atoms with Gasteiger partial charge in [-0.05, 0) is 26.0 Å².